The average molecular weight is 338 g/mol. The molecule has 1 saturated heterocycles. The molecule has 0 saturated carbocycles. The first-order valence-corrected chi connectivity index (χ1v) is 9.00. The summed E-state index contributed by atoms with van der Waals surface area (Å²) >= 11 is 1.71. The van der Waals surface area contributed by atoms with Gasteiger partial charge in [0.25, 0.3) is 5.91 Å². The molecule has 1 aliphatic heterocycles. The summed E-state index contributed by atoms with van der Waals surface area (Å²) in [7, 11) is 0. The first-order valence-electron chi connectivity index (χ1n) is 8.12. The Morgan fingerprint density at radius 3 is 3.04 bits per heavy atom. The van der Waals surface area contributed by atoms with Gasteiger partial charge in [0.2, 0.25) is 0 Å². The van der Waals surface area contributed by atoms with Crippen LogP contribution in [-0.2, 0) is 4.79 Å². The monoisotopic (exact) mass is 338 g/mol. The number of carbonyl (C=O) groups excluding carboxylic acids is 1. The highest BCUT2D eigenvalue weighted by molar-refractivity contribution is 7.10. The summed E-state index contributed by atoms with van der Waals surface area (Å²) in [6.45, 7) is 0.857. The Hall–Kier alpha value is -2.40. The number of aromatic nitrogens is 1. The topological polar surface area (TPSA) is 42.4 Å². The van der Waals surface area contributed by atoms with E-state index in [0.717, 1.165) is 30.3 Å². The van der Waals surface area contributed by atoms with Crippen molar-refractivity contribution in [2.24, 2.45) is 0 Å². The van der Waals surface area contributed by atoms with E-state index in [-0.39, 0.29) is 18.6 Å². The smallest absolute Gasteiger partial charge is 0.261 e. The number of thiophene rings is 1. The molecule has 0 bridgehead atoms. The third-order valence-electron chi connectivity index (χ3n) is 4.39. The molecule has 1 aromatic carbocycles. The molecule has 0 N–H and O–H groups in total. The van der Waals surface area contributed by atoms with Crippen molar-refractivity contribution < 1.29 is 9.53 Å². The van der Waals surface area contributed by atoms with Gasteiger partial charge in [-0.2, -0.15) is 0 Å². The van der Waals surface area contributed by atoms with E-state index in [9.17, 15) is 4.79 Å². The summed E-state index contributed by atoms with van der Waals surface area (Å²) in [6.07, 6.45) is 3.82. The van der Waals surface area contributed by atoms with Crippen molar-refractivity contribution in [3.8, 4) is 5.75 Å². The summed E-state index contributed by atoms with van der Waals surface area (Å²) in [5, 5.41) is 3.08. The van der Waals surface area contributed by atoms with Crippen molar-refractivity contribution in [3.63, 3.8) is 0 Å². The minimum atomic E-state index is 0.0406. The van der Waals surface area contributed by atoms with E-state index in [1.807, 2.05) is 41.3 Å². The van der Waals surface area contributed by atoms with Crippen molar-refractivity contribution in [3.05, 3.63) is 58.9 Å². The number of para-hydroxylation sites is 1. The Kier molecular flexibility index (Phi) is 4.17. The highest BCUT2D eigenvalue weighted by Gasteiger charge is 2.30. The van der Waals surface area contributed by atoms with E-state index in [1.54, 1.807) is 17.5 Å². The zero-order chi connectivity index (χ0) is 16.4. The Bertz CT molecular complexity index is 842. The predicted molar refractivity (Wildman–Crippen MR) is 95.2 cm³/mol. The molecule has 4 nitrogen and oxygen atoms in total. The van der Waals surface area contributed by atoms with Gasteiger partial charge in [0.05, 0.1) is 6.04 Å². The Balaban J connectivity index is 1.48. The number of pyridine rings is 1. The lowest BCUT2D eigenvalue weighted by atomic mass is 10.2. The van der Waals surface area contributed by atoms with Crippen LogP contribution in [0.25, 0.3) is 10.9 Å². The fourth-order valence-corrected chi connectivity index (χ4v) is 4.13. The molecule has 1 fully saturated rings. The second kappa shape index (κ2) is 6.61. The van der Waals surface area contributed by atoms with Crippen molar-refractivity contribution in [2.75, 3.05) is 13.2 Å². The van der Waals surface area contributed by atoms with Gasteiger partial charge in [-0.3, -0.25) is 9.78 Å². The standard InChI is InChI=1S/C19H18N2O2S/c22-18(21-11-3-7-15(21)17-9-4-12-24-17)13-23-16-8-1-5-14-6-2-10-20-19(14)16/h1-2,4-6,8-10,12,15H,3,7,11,13H2. The van der Waals surface area contributed by atoms with Gasteiger partial charge in [-0.15, -0.1) is 11.3 Å². The molecule has 3 aromatic rings. The molecule has 24 heavy (non-hydrogen) atoms. The van der Waals surface area contributed by atoms with Crippen LogP contribution >= 0.6 is 11.3 Å². The van der Waals surface area contributed by atoms with Crippen LogP contribution < -0.4 is 4.74 Å². The van der Waals surface area contributed by atoms with E-state index >= 15 is 0 Å². The molecule has 0 aliphatic carbocycles. The van der Waals surface area contributed by atoms with Crippen molar-refractivity contribution in [2.45, 2.75) is 18.9 Å². The lowest BCUT2D eigenvalue weighted by Gasteiger charge is -2.24. The maximum atomic E-state index is 12.6. The second-order valence-corrected chi connectivity index (χ2v) is 6.86. The molecule has 0 spiro atoms. The van der Waals surface area contributed by atoms with Crippen LogP contribution in [0.3, 0.4) is 0 Å². The van der Waals surface area contributed by atoms with Gasteiger partial charge in [0.1, 0.15) is 11.3 Å². The number of hydrogen-bond acceptors (Lipinski definition) is 4. The van der Waals surface area contributed by atoms with E-state index in [1.165, 1.54) is 4.88 Å². The number of ether oxygens (including phenoxy) is 1. The van der Waals surface area contributed by atoms with Crippen LogP contribution in [0.15, 0.2) is 54.0 Å². The molecular weight excluding hydrogens is 320 g/mol. The highest BCUT2D eigenvalue weighted by Crippen LogP contribution is 2.34. The first kappa shape index (κ1) is 15.1. The van der Waals surface area contributed by atoms with Crippen LogP contribution in [0.4, 0.5) is 0 Å². The fraction of sp³-hybridized carbons (Fsp3) is 0.263. The lowest BCUT2D eigenvalue weighted by molar-refractivity contribution is -0.134. The van der Waals surface area contributed by atoms with Gasteiger partial charge in [0, 0.05) is 23.0 Å². The van der Waals surface area contributed by atoms with E-state index in [0.29, 0.717) is 5.75 Å². The third-order valence-corrected chi connectivity index (χ3v) is 5.37. The Morgan fingerprint density at radius 1 is 1.25 bits per heavy atom. The van der Waals surface area contributed by atoms with Crippen molar-refractivity contribution in [1.82, 2.24) is 9.88 Å². The minimum Gasteiger partial charge on any atom is -0.481 e. The highest BCUT2D eigenvalue weighted by atomic mass is 32.1. The van der Waals surface area contributed by atoms with Crippen LogP contribution in [0.5, 0.6) is 5.75 Å². The molecule has 122 valence electrons. The molecule has 3 heterocycles. The summed E-state index contributed by atoms with van der Waals surface area (Å²) in [5.74, 6) is 0.701. The van der Waals surface area contributed by atoms with Crippen molar-refractivity contribution in [1.29, 1.82) is 0 Å². The molecule has 1 aliphatic rings. The number of likely N-dealkylation sites (tertiary alicyclic amines) is 1. The summed E-state index contributed by atoms with van der Waals surface area (Å²) in [6, 6.07) is 14.0. The number of hydrogen-bond donors (Lipinski definition) is 0. The molecule has 4 rings (SSSR count). The Labute approximate surface area is 144 Å². The van der Waals surface area contributed by atoms with Gasteiger partial charge in [-0.05, 0) is 36.4 Å². The second-order valence-electron chi connectivity index (χ2n) is 5.88. The number of fused-ring (bicyclic) bond motifs is 1. The maximum Gasteiger partial charge on any atom is 0.261 e. The zero-order valence-electron chi connectivity index (χ0n) is 13.2. The fourth-order valence-electron chi connectivity index (χ4n) is 3.26. The third kappa shape index (κ3) is 2.87. The molecular formula is C19H18N2O2S. The maximum absolute atomic E-state index is 12.6. The number of amides is 1. The number of rotatable bonds is 4. The molecule has 1 atom stereocenters. The van der Waals surface area contributed by atoms with Gasteiger partial charge in [-0.1, -0.05) is 24.3 Å². The van der Waals surface area contributed by atoms with E-state index in [2.05, 4.69) is 16.4 Å². The SMILES string of the molecule is O=C(COc1cccc2cccnc12)N1CCCC1c1cccs1. The van der Waals surface area contributed by atoms with E-state index in [4.69, 9.17) is 4.74 Å². The zero-order valence-corrected chi connectivity index (χ0v) is 14.0. The molecule has 5 heteroatoms. The minimum absolute atomic E-state index is 0.0406. The molecule has 0 radical (unpaired) electrons. The normalized spacial score (nSPS) is 17.3. The molecule has 2 aromatic heterocycles. The molecule has 1 amide bonds. The summed E-state index contributed by atoms with van der Waals surface area (Å²) < 4.78 is 5.81. The van der Waals surface area contributed by atoms with Gasteiger partial charge in [0.15, 0.2) is 6.61 Å². The summed E-state index contributed by atoms with van der Waals surface area (Å²) in [5.41, 5.74) is 0.795. The lowest BCUT2D eigenvalue weighted by Crippen LogP contribution is -2.34. The van der Waals surface area contributed by atoms with Gasteiger partial charge in [-0.25, -0.2) is 0 Å². The summed E-state index contributed by atoms with van der Waals surface area (Å²) in [4.78, 5) is 20.2. The van der Waals surface area contributed by atoms with Crippen molar-refractivity contribution >= 4 is 28.1 Å². The van der Waals surface area contributed by atoms with Crippen LogP contribution in [-0.4, -0.2) is 28.9 Å². The number of nitrogens with zero attached hydrogens (tertiary/aromatic N) is 2. The van der Waals surface area contributed by atoms with E-state index < -0.39 is 0 Å². The Morgan fingerprint density at radius 2 is 2.17 bits per heavy atom. The van der Waals surface area contributed by atoms with Crippen LogP contribution in [0.1, 0.15) is 23.8 Å². The number of benzene rings is 1. The van der Waals surface area contributed by atoms with Gasteiger partial charge < -0.3 is 9.64 Å². The quantitative estimate of drug-likeness (QED) is 0.721. The number of carbonyl (C=O) groups is 1. The average Bonchev–Trinajstić information content (AvgIpc) is 3.30. The largest absolute Gasteiger partial charge is 0.481 e. The predicted octanol–water partition coefficient (Wildman–Crippen LogP) is 4.04. The van der Waals surface area contributed by atoms with Crippen LogP contribution in [0, 0.1) is 0 Å². The molecule has 1 unspecified atom stereocenters. The first-order chi connectivity index (χ1) is 11.8. The van der Waals surface area contributed by atoms with Gasteiger partial charge >= 0.3 is 0 Å². The van der Waals surface area contributed by atoms with Crippen LogP contribution in [0.2, 0.25) is 0 Å².